The molecule has 0 fully saturated rings. The highest BCUT2D eigenvalue weighted by Crippen LogP contribution is 2.24. The minimum Gasteiger partial charge on any atom is -0.463 e. The van der Waals surface area contributed by atoms with Gasteiger partial charge in [-0.2, -0.15) is 15.0 Å². The summed E-state index contributed by atoms with van der Waals surface area (Å²) in [7, 11) is 0. The van der Waals surface area contributed by atoms with Crippen molar-refractivity contribution in [2.45, 2.75) is 13.3 Å². The predicted molar refractivity (Wildman–Crippen MR) is 74.7 cm³/mol. The number of rotatable bonds is 5. The third-order valence-electron chi connectivity index (χ3n) is 2.27. The molecule has 3 N–H and O–H groups in total. The van der Waals surface area contributed by atoms with Gasteiger partial charge in [-0.05, 0) is 18.6 Å². The zero-order valence-corrected chi connectivity index (χ0v) is 11.5. The molecule has 2 aromatic rings. The first-order chi connectivity index (χ1) is 9.60. The molecule has 1 heterocycles. The fraction of sp³-hybridized carbons (Fsp3) is 0.250. The van der Waals surface area contributed by atoms with Gasteiger partial charge in [-0.15, -0.1) is 0 Å². The molecule has 8 heteroatoms. The highest BCUT2D eigenvalue weighted by molar-refractivity contribution is 6.31. The second-order valence-corrected chi connectivity index (χ2v) is 4.28. The fourth-order valence-corrected chi connectivity index (χ4v) is 1.58. The van der Waals surface area contributed by atoms with Crippen molar-refractivity contribution in [1.29, 1.82) is 0 Å². The number of nitrogens with zero attached hydrogens (tertiary/aromatic N) is 3. The number of nitrogens with one attached hydrogen (secondary N) is 1. The quantitative estimate of drug-likeness (QED) is 0.882. The van der Waals surface area contributed by atoms with Crippen LogP contribution in [0.4, 0.5) is 22.0 Å². The second kappa shape index (κ2) is 6.33. The van der Waals surface area contributed by atoms with E-state index in [-0.39, 0.29) is 28.6 Å². The lowest BCUT2D eigenvalue weighted by atomic mass is 10.3. The van der Waals surface area contributed by atoms with Crippen LogP contribution in [0.15, 0.2) is 18.2 Å². The minimum absolute atomic E-state index is 0.000477. The Morgan fingerprint density at radius 1 is 1.35 bits per heavy atom. The molecule has 0 bridgehead atoms. The highest BCUT2D eigenvalue weighted by Gasteiger charge is 2.10. The largest absolute Gasteiger partial charge is 0.463 e. The van der Waals surface area contributed by atoms with E-state index < -0.39 is 5.82 Å². The summed E-state index contributed by atoms with van der Waals surface area (Å²) in [6, 6.07) is 4.64. The molecule has 1 aromatic heterocycles. The lowest BCUT2D eigenvalue weighted by Gasteiger charge is -2.08. The van der Waals surface area contributed by atoms with Crippen molar-refractivity contribution in [3.63, 3.8) is 0 Å². The molecule has 0 unspecified atom stereocenters. The van der Waals surface area contributed by atoms with Gasteiger partial charge in [0.25, 0.3) is 0 Å². The molecule has 0 atom stereocenters. The fourth-order valence-electron chi connectivity index (χ4n) is 1.41. The molecule has 0 amide bonds. The first-order valence-corrected chi connectivity index (χ1v) is 6.33. The molecule has 0 saturated heterocycles. The smallest absolute Gasteiger partial charge is 0.323 e. The van der Waals surface area contributed by atoms with Crippen LogP contribution in [-0.2, 0) is 0 Å². The summed E-state index contributed by atoms with van der Waals surface area (Å²) in [5.74, 6) is -0.523. The minimum atomic E-state index is -0.593. The SMILES string of the molecule is CCCOc1nc(N)nc(Nc2cccc(Cl)c2F)n1. The number of ether oxygens (including phenoxy) is 1. The van der Waals surface area contributed by atoms with Crippen molar-refractivity contribution < 1.29 is 9.13 Å². The average molecular weight is 298 g/mol. The van der Waals surface area contributed by atoms with Crippen LogP contribution in [0.2, 0.25) is 5.02 Å². The molecule has 0 aliphatic rings. The number of aromatic nitrogens is 3. The predicted octanol–water partition coefficient (Wildman–Crippen LogP) is 2.78. The van der Waals surface area contributed by atoms with Gasteiger partial charge < -0.3 is 15.8 Å². The Bertz CT molecular complexity index is 610. The van der Waals surface area contributed by atoms with Crippen LogP contribution < -0.4 is 15.8 Å². The number of hydrogen-bond acceptors (Lipinski definition) is 6. The van der Waals surface area contributed by atoms with Crippen molar-refractivity contribution in [3.8, 4) is 6.01 Å². The van der Waals surface area contributed by atoms with E-state index in [4.69, 9.17) is 22.1 Å². The molecule has 0 saturated carbocycles. The summed E-state index contributed by atoms with van der Waals surface area (Å²) in [6.45, 7) is 2.40. The van der Waals surface area contributed by atoms with Gasteiger partial charge in [0.15, 0.2) is 5.82 Å². The van der Waals surface area contributed by atoms with E-state index in [0.717, 1.165) is 6.42 Å². The molecule has 0 aliphatic carbocycles. The van der Waals surface area contributed by atoms with Crippen molar-refractivity contribution in [2.24, 2.45) is 0 Å². The first kappa shape index (κ1) is 14.3. The van der Waals surface area contributed by atoms with Gasteiger partial charge in [0, 0.05) is 0 Å². The molecule has 2 rings (SSSR count). The van der Waals surface area contributed by atoms with Crippen molar-refractivity contribution >= 4 is 29.2 Å². The molecule has 6 nitrogen and oxygen atoms in total. The summed E-state index contributed by atoms with van der Waals surface area (Å²) in [4.78, 5) is 11.7. The van der Waals surface area contributed by atoms with Gasteiger partial charge in [0.05, 0.1) is 17.3 Å². The maximum atomic E-state index is 13.8. The topological polar surface area (TPSA) is 86.0 Å². The van der Waals surface area contributed by atoms with Crippen LogP contribution in [-0.4, -0.2) is 21.6 Å². The Morgan fingerprint density at radius 3 is 2.90 bits per heavy atom. The lowest BCUT2D eigenvalue weighted by molar-refractivity contribution is 0.292. The van der Waals surface area contributed by atoms with Gasteiger partial charge in [-0.1, -0.05) is 24.6 Å². The monoisotopic (exact) mass is 297 g/mol. The normalized spacial score (nSPS) is 10.3. The summed E-state index contributed by atoms with van der Waals surface area (Å²) in [6.07, 6.45) is 0.803. The van der Waals surface area contributed by atoms with E-state index in [9.17, 15) is 4.39 Å². The lowest BCUT2D eigenvalue weighted by Crippen LogP contribution is -2.08. The van der Waals surface area contributed by atoms with Crippen molar-refractivity contribution in [3.05, 3.63) is 29.0 Å². The van der Waals surface area contributed by atoms with Gasteiger partial charge in [-0.25, -0.2) is 4.39 Å². The van der Waals surface area contributed by atoms with Gasteiger partial charge >= 0.3 is 6.01 Å². The maximum absolute atomic E-state index is 13.8. The molecule has 1 aromatic carbocycles. The molecule has 0 radical (unpaired) electrons. The molecule has 106 valence electrons. The van der Waals surface area contributed by atoms with Gasteiger partial charge in [-0.3, -0.25) is 0 Å². The van der Waals surface area contributed by atoms with Crippen molar-refractivity contribution in [1.82, 2.24) is 15.0 Å². The number of halogens is 2. The summed E-state index contributed by atoms with van der Waals surface area (Å²) >= 11 is 5.69. The zero-order chi connectivity index (χ0) is 14.5. The summed E-state index contributed by atoms with van der Waals surface area (Å²) in [5, 5.41) is 2.69. The van der Waals surface area contributed by atoms with Crippen LogP contribution in [0.5, 0.6) is 6.01 Å². The van der Waals surface area contributed by atoms with E-state index >= 15 is 0 Å². The Balaban J connectivity index is 2.24. The van der Waals surface area contributed by atoms with E-state index in [0.29, 0.717) is 6.61 Å². The summed E-state index contributed by atoms with van der Waals surface area (Å²) < 4.78 is 19.0. The van der Waals surface area contributed by atoms with Crippen LogP contribution >= 0.6 is 11.6 Å². The third-order valence-corrected chi connectivity index (χ3v) is 2.56. The van der Waals surface area contributed by atoms with Crippen LogP contribution in [0, 0.1) is 5.82 Å². The Labute approximate surface area is 120 Å². The number of anilines is 3. The Hall–Kier alpha value is -2.15. The number of benzene rings is 1. The molecule has 20 heavy (non-hydrogen) atoms. The number of nitrogens with two attached hydrogens (primary N) is 1. The first-order valence-electron chi connectivity index (χ1n) is 5.95. The Kier molecular flexibility index (Phi) is 4.52. The zero-order valence-electron chi connectivity index (χ0n) is 10.7. The van der Waals surface area contributed by atoms with E-state index in [1.807, 2.05) is 6.92 Å². The molecule has 0 aliphatic heterocycles. The molecular formula is C12H13ClFN5O. The van der Waals surface area contributed by atoms with E-state index in [1.165, 1.54) is 12.1 Å². The maximum Gasteiger partial charge on any atom is 0.323 e. The molecular weight excluding hydrogens is 285 g/mol. The summed E-state index contributed by atoms with van der Waals surface area (Å²) in [5.41, 5.74) is 5.69. The second-order valence-electron chi connectivity index (χ2n) is 3.87. The average Bonchev–Trinajstić information content (AvgIpc) is 2.41. The van der Waals surface area contributed by atoms with E-state index in [2.05, 4.69) is 20.3 Å². The van der Waals surface area contributed by atoms with Crippen LogP contribution in [0.3, 0.4) is 0 Å². The highest BCUT2D eigenvalue weighted by atomic mass is 35.5. The standard InChI is InChI=1S/C12H13ClFN5O/c1-2-6-20-12-18-10(15)17-11(19-12)16-8-5-3-4-7(13)9(8)14/h3-5H,2,6H2,1H3,(H3,15,16,17,18,19). The van der Waals surface area contributed by atoms with E-state index in [1.54, 1.807) is 6.07 Å². The number of nitrogen functional groups attached to an aromatic ring is 1. The van der Waals surface area contributed by atoms with Gasteiger partial charge in [0.1, 0.15) is 0 Å². The Morgan fingerprint density at radius 2 is 2.15 bits per heavy atom. The van der Waals surface area contributed by atoms with Gasteiger partial charge in [0.2, 0.25) is 11.9 Å². The van der Waals surface area contributed by atoms with Crippen LogP contribution in [0.1, 0.15) is 13.3 Å². The number of hydrogen-bond donors (Lipinski definition) is 2. The van der Waals surface area contributed by atoms with Crippen molar-refractivity contribution in [2.75, 3.05) is 17.7 Å². The van der Waals surface area contributed by atoms with Crippen LogP contribution in [0.25, 0.3) is 0 Å². The third kappa shape index (κ3) is 3.45. The molecule has 0 spiro atoms.